The van der Waals surface area contributed by atoms with Gasteiger partial charge in [0.2, 0.25) is 0 Å². The average molecular weight is 417 g/mol. The monoisotopic (exact) mass is 417 g/mol. The van der Waals surface area contributed by atoms with Gasteiger partial charge in [-0.25, -0.2) is 4.79 Å². The molecule has 0 unspecified atom stereocenters. The van der Waals surface area contributed by atoms with Crippen molar-refractivity contribution in [3.63, 3.8) is 0 Å². The molecular weight excluding hydrogens is 398 g/mol. The van der Waals surface area contributed by atoms with E-state index in [2.05, 4.69) is 5.32 Å². The number of hydrogen-bond acceptors (Lipinski definition) is 7. The van der Waals surface area contributed by atoms with Crippen LogP contribution < -0.4 is 5.32 Å². The Bertz CT molecular complexity index is 943. The summed E-state index contributed by atoms with van der Waals surface area (Å²) in [6.07, 6.45) is 1.12. The number of nitrogens with one attached hydrogen (secondary N) is 1. The minimum Gasteiger partial charge on any atom is -0.454 e. The van der Waals surface area contributed by atoms with Crippen molar-refractivity contribution in [2.75, 3.05) is 18.5 Å². The molecule has 1 aliphatic heterocycles. The number of amides is 2. The summed E-state index contributed by atoms with van der Waals surface area (Å²) in [5.74, 6) is -1.59. The van der Waals surface area contributed by atoms with Crippen LogP contribution >= 0.6 is 11.3 Å². The van der Waals surface area contributed by atoms with E-state index in [-0.39, 0.29) is 17.3 Å². The molecule has 1 aromatic carbocycles. The number of rotatable bonds is 6. The molecule has 29 heavy (non-hydrogen) atoms. The maximum atomic E-state index is 12.5. The number of carbonyl (C=O) groups excluding carboxylic acids is 3. The number of nitrogens with zero attached hydrogens (tertiary/aromatic N) is 2. The van der Waals surface area contributed by atoms with E-state index in [0.717, 1.165) is 0 Å². The van der Waals surface area contributed by atoms with Crippen LogP contribution in [0.2, 0.25) is 0 Å². The number of thiophene rings is 1. The lowest BCUT2D eigenvalue weighted by Gasteiger charge is -2.22. The van der Waals surface area contributed by atoms with Crippen molar-refractivity contribution < 1.29 is 24.0 Å². The van der Waals surface area contributed by atoms with E-state index < -0.39 is 29.4 Å². The number of nitro groups is 1. The highest BCUT2D eigenvalue weighted by molar-refractivity contribution is 7.12. The zero-order valence-electron chi connectivity index (χ0n) is 15.6. The van der Waals surface area contributed by atoms with Gasteiger partial charge in [-0.3, -0.25) is 19.7 Å². The van der Waals surface area contributed by atoms with Crippen molar-refractivity contribution in [3.05, 3.63) is 56.3 Å². The predicted octanol–water partition coefficient (Wildman–Crippen LogP) is 2.75. The van der Waals surface area contributed by atoms with Crippen molar-refractivity contribution in [2.24, 2.45) is 0 Å². The Morgan fingerprint density at radius 1 is 1.31 bits per heavy atom. The van der Waals surface area contributed by atoms with Crippen molar-refractivity contribution in [1.82, 2.24) is 4.90 Å². The number of anilines is 1. The van der Waals surface area contributed by atoms with Crippen LogP contribution in [0.15, 0.2) is 35.7 Å². The molecular formula is C19H19N3O6S. The molecule has 1 atom stereocenters. The normalized spacial score (nSPS) is 15.8. The first kappa shape index (κ1) is 20.5. The van der Waals surface area contributed by atoms with Crippen molar-refractivity contribution in [1.29, 1.82) is 0 Å². The van der Waals surface area contributed by atoms with Gasteiger partial charge in [0.1, 0.15) is 11.7 Å². The molecule has 0 aliphatic carbocycles. The maximum absolute atomic E-state index is 12.5. The lowest BCUT2D eigenvalue weighted by molar-refractivity contribution is -0.384. The highest BCUT2D eigenvalue weighted by atomic mass is 32.1. The topological polar surface area (TPSA) is 119 Å². The van der Waals surface area contributed by atoms with Gasteiger partial charge in [-0.2, -0.15) is 0 Å². The van der Waals surface area contributed by atoms with Gasteiger partial charge >= 0.3 is 5.97 Å². The molecule has 2 heterocycles. The number of carbonyl (C=O) groups is 3. The number of benzene rings is 1. The van der Waals surface area contributed by atoms with E-state index in [0.29, 0.717) is 29.8 Å². The van der Waals surface area contributed by atoms with Gasteiger partial charge in [0, 0.05) is 12.6 Å². The molecule has 1 fully saturated rings. The lowest BCUT2D eigenvalue weighted by Crippen LogP contribution is -2.41. The molecule has 1 saturated heterocycles. The van der Waals surface area contributed by atoms with Crippen molar-refractivity contribution >= 4 is 40.5 Å². The first-order valence-corrected chi connectivity index (χ1v) is 9.81. The Kier molecular flexibility index (Phi) is 6.23. The van der Waals surface area contributed by atoms with E-state index >= 15 is 0 Å². The van der Waals surface area contributed by atoms with Gasteiger partial charge in [-0.1, -0.05) is 18.2 Å². The number of likely N-dealkylation sites (tertiary alicyclic amines) is 1. The number of nitro benzene ring substituents is 1. The number of aryl methyl sites for hydroxylation is 1. The smallest absolute Gasteiger partial charge is 0.329 e. The summed E-state index contributed by atoms with van der Waals surface area (Å²) in [5.41, 5.74) is 0.337. The molecule has 0 radical (unpaired) electrons. The largest absolute Gasteiger partial charge is 0.454 e. The fraction of sp³-hybridized carbons (Fsp3) is 0.316. The molecule has 2 amide bonds. The third kappa shape index (κ3) is 4.60. The van der Waals surface area contributed by atoms with E-state index in [9.17, 15) is 24.5 Å². The third-order valence-corrected chi connectivity index (χ3v) is 5.43. The standard InChI is InChI=1S/C19H19N3O6S/c1-12-5-2-6-13(22(26)27)17(12)20-16(23)11-28-19(25)14-7-3-9-21(14)18(24)15-8-4-10-29-15/h2,4-6,8,10,14H,3,7,9,11H2,1H3,(H,20,23)/t14-/m0/s1. The quantitative estimate of drug-likeness (QED) is 0.439. The zero-order chi connectivity index (χ0) is 21.0. The first-order chi connectivity index (χ1) is 13.9. The van der Waals surface area contributed by atoms with E-state index in [1.807, 2.05) is 0 Å². The van der Waals surface area contributed by atoms with Gasteiger partial charge < -0.3 is 15.0 Å². The fourth-order valence-electron chi connectivity index (χ4n) is 3.17. The molecule has 3 rings (SSSR count). The Morgan fingerprint density at radius 3 is 2.79 bits per heavy atom. The van der Waals surface area contributed by atoms with E-state index in [1.54, 1.807) is 30.5 Å². The molecule has 152 valence electrons. The highest BCUT2D eigenvalue weighted by Crippen LogP contribution is 2.27. The van der Waals surface area contributed by atoms with Crippen LogP contribution in [0.5, 0.6) is 0 Å². The van der Waals surface area contributed by atoms with Crippen LogP contribution in [0.4, 0.5) is 11.4 Å². The summed E-state index contributed by atoms with van der Waals surface area (Å²) >= 11 is 1.29. The molecule has 9 nitrogen and oxygen atoms in total. The van der Waals surface area contributed by atoms with Gasteiger partial charge in [-0.05, 0) is 36.8 Å². The molecule has 0 saturated carbocycles. The SMILES string of the molecule is Cc1cccc([N+](=O)[O-])c1NC(=O)COC(=O)[C@@H]1CCCN1C(=O)c1cccs1. The van der Waals surface area contributed by atoms with Crippen molar-refractivity contribution in [2.45, 2.75) is 25.8 Å². The van der Waals surface area contributed by atoms with Crippen LogP contribution in [0.1, 0.15) is 28.1 Å². The number of ether oxygens (including phenoxy) is 1. The fourth-order valence-corrected chi connectivity index (χ4v) is 3.85. The molecule has 0 spiro atoms. The molecule has 2 aromatic rings. The maximum Gasteiger partial charge on any atom is 0.329 e. The Balaban J connectivity index is 1.60. The Morgan fingerprint density at radius 2 is 2.10 bits per heavy atom. The Hall–Kier alpha value is -3.27. The van der Waals surface area contributed by atoms with Gasteiger partial charge in [-0.15, -0.1) is 11.3 Å². The van der Waals surface area contributed by atoms with E-state index in [4.69, 9.17) is 4.74 Å². The van der Waals surface area contributed by atoms with Crippen LogP contribution in [-0.4, -0.2) is 46.8 Å². The average Bonchev–Trinajstić information content (AvgIpc) is 3.39. The summed E-state index contributed by atoms with van der Waals surface area (Å²) in [5, 5.41) is 15.3. The summed E-state index contributed by atoms with van der Waals surface area (Å²) in [6.45, 7) is 1.47. The summed E-state index contributed by atoms with van der Waals surface area (Å²) in [6, 6.07) is 7.13. The Labute approximate surface area is 170 Å². The summed E-state index contributed by atoms with van der Waals surface area (Å²) in [4.78, 5) is 49.6. The lowest BCUT2D eigenvalue weighted by atomic mass is 10.1. The number of para-hydroxylation sites is 1. The second-order valence-electron chi connectivity index (χ2n) is 6.52. The van der Waals surface area contributed by atoms with Crippen molar-refractivity contribution in [3.8, 4) is 0 Å². The number of hydrogen-bond donors (Lipinski definition) is 1. The van der Waals surface area contributed by atoms with Crippen LogP contribution in [-0.2, 0) is 14.3 Å². The minimum absolute atomic E-state index is 0.0638. The van der Waals surface area contributed by atoms with Gasteiger partial charge in [0.05, 0.1) is 9.80 Å². The zero-order valence-corrected chi connectivity index (χ0v) is 16.4. The second kappa shape index (κ2) is 8.82. The first-order valence-electron chi connectivity index (χ1n) is 8.93. The van der Waals surface area contributed by atoms with Crippen LogP contribution in [0.25, 0.3) is 0 Å². The molecule has 0 bridgehead atoms. The van der Waals surface area contributed by atoms with Gasteiger partial charge in [0.25, 0.3) is 17.5 Å². The highest BCUT2D eigenvalue weighted by Gasteiger charge is 2.36. The summed E-state index contributed by atoms with van der Waals surface area (Å²) < 4.78 is 5.09. The molecule has 1 N–H and O–H groups in total. The molecule has 1 aliphatic rings. The van der Waals surface area contributed by atoms with Gasteiger partial charge in [0.15, 0.2) is 6.61 Å². The second-order valence-corrected chi connectivity index (χ2v) is 7.46. The number of esters is 1. The third-order valence-electron chi connectivity index (χ3n) is 4.58. The van der Waals surface area contributed by atoms with E-state index in [1.165, 1.54) is 28.4 Å². The van der Waals surface area contributed by atoms with Crippen LogP contribution in [0, 0.1) is 17.0 Å². The summed E-state index contributed by atoms with van der Waals surface area (Å²) in [7, 11) is 0. The predicted molar refractivity (Wildman–Crippen MR) is 106 cm³/mol. The molecule has 1 aromatic heterocycles. The van der Waals surface area contributed by atoms with Crippen LogP contribution in [0.3, 0.4) is 0 Å². The molecule has 10 heteroatoms. The minimum atomic E-state index is -0.745.